The molecule has 0 bridgehead atoms. The number of aromatic nitrogens is 3. The molecule has 0 aliphatic rings. The summed E-state index contributed by atoms with van der Waals surface area (Å²) in [5.41, 5.74) is 2.61. The number of halogens is 3. The highest BCUT2D eigenvalue weighted by atomic mass is 19.4. The largest absolute Gasteiger partial charge is 0.416 e. The average molecular weight is 434 g/mol. The summed E-state index contributed by atoms with van der Waals surface area (Å²) in [5.74, 6) is 5.54. The first-order valence-corrected chi connectivity index (χ1v) is 9.59. The molecule has 4 aromatic rings. The Balaban J connectivity index is 1.60. The fourth-order valence-electron chi connectivity index (χ4n) is 3.17. The zero-order valence-corrected chi connectivity index (χ0v) is 17.2. The number of carbonyl (C=O) groups excluding carboxylic acids is 1. The van der Waals surface area contributed by atoms with Gasteiger partial charge in [0, 0.05) is 35.4 Å². The van der Waals surface area contributed by atoms with E-state index in [1.165, 1.54) is 12.1 Å². The van der Waals surface area contributed by atoms with E-state index in [0.717, 1.165) is 28.6 Å². The summed E-state index contributed by atoms with van der Waals surface area (Å²) < 4.78 is 40.5. The molecule has 0 unspecified atom stereocenters. The molecular weight excluding hydrogens is 417 g/mol. The standard InChI is InChI=1S/C24H17F3N4O/c1-15-6-9-20(30-23(32)17-4-3-5-19(10-17)24(25,26)27)11-16(15)7-8-18-12-28-14-22-21(18)13-29-31(22)2/h3-6,9-14H,1-2H3,(H,30,32). The number of aryl methyl sites for hydroxylation is 2. The second-order valence-electron chi connectivity index (χ2n) is 7.20. The molecule has 2 aromatic carbocycles. The van der Waals surface area contributed by atoms with Gasteiger partial charge in [-0.15, -0.1) is 0 Å². The molecule has 2 heterocycles. The molecule has 1 amide bonds. The van der Waals surface area contributed by atoms with Crippen LogP contribution in [0.5, 0.6) is 0 Å². The number of nitrogens with zero attached hydrogens (tertiary/aromatic N) is 3. The quantitative estimate of drug-likeness (QED) is 0.455. The van der Waals surface area contributed by atoms with E-state index in [0.29, 0.717) is 16.8 Å². The summed E-state index contributed by atoms with van der Waals surface area (Å²) in [5, 5.41) is 7.73. The summed E-state index contributed by atoms with van der Waals surface area (Å²) >= 11 is 0. The summed E-state index contributed by atoms with van der Waals surface area (Å²) in [7, 11) is 1.82. The molecule has 0 aliphatic heterocycles. The molecule has 8 heteroatoms. The van der Waals surface area contributed by atoms with Crippen LogP contribution in [0.15, 0.2) is 61.1 Å². The summed E-state index contributed by atoms with van der Waals surface area (Å²) in [6, 6.07) is 9.44. The second kappa shape index (κ2) is 8.19. The molecule has 4 rings (SSSR count). The lowest BCUT2D eigenvalue weighted by atomic mass is 10.1. The van der Waals surface area contributed by atoms with Crippen LogP contribution in [0.3, 0.4) is 0 Å². The zero-order valence-electron chi connectivity index (χ0n) is 17.2. The van der Waals surface area contributed by atoms with Crippen molar-refractivity contribution in [3.8, 4) is 11.8 Å². The first kappa shape index (κ1) is 21.1. The Morgan fingerprint density at radius 2 is 1.81 bits per heavy atom. The maximum Gasteiger partial charge on any atom is 0.416 e. The van der Waals surface area contributed by atoms with E-state index in [2.05, 4.69) is 27.2 Å². The average Bonchev–Trinajstić information content (AvgIpc) is 3.15. The van der Waals surface area contributed by atoms with Crippen LogP contribution in [0.2, 0.25) is 0 Å². The van der Waals surface area contributed by atoms with Crippen LogP contribution < -0.4 is 5.32 Å². The third-order valence-electron chi connectivity index (χ3n) is 4.95. The minimum atomic E-state index is -4.52. The smallest absolute Gasteiger partial charge is 0.322 e. The Morgan fingerprint density at radius 1 is 1.03 bits per heavy atom. The van der Waals surface area contributed by atoms with E-state index in [4.69, 9.17) is 0 Å². The first-order chi connectivity index (χ1) is 15.2. The van der Waals surface area contributed by atoms with Crippen molar-refractivity contribution in [2.75, 3.05) is 5.32 Å². The fraction of sp³-hybridized carbons (Fsp3) is 0.125. The Morgan fingerprint density at radius 3 is 2.59 bits per heavy atom. The van der Waals surface area contributed by atoms with E-state index in [1.54, 1.807) is 41.5 Å². The van der Waals surface area contributed by atoms with Crippen LogP contribution in [-0.2, 0) is 13.2 Å². The summed E-state index contributed by atoms with van der Waals surface area (Å²) in [6.45, 7) is 1.88. The molecule has 160 valence electrons. The number of pyridine rings is 1. The second-order valence-corrected chi connectivity index (χ2v) is 7.20. The minimum absolute atomic E-state index is 0.0811. The number of fused-ring (bicyclic) bond motifs is 1. The number of amides is 1. The van der Waals surface area contributed by atoms with Gasteiger partial charge in [0.2, 0.25) is 0 Å². The highest BCUT2D eigenvalue weighted by Crippen LogP contribution is 2.29. The normalized spacial score (nSPS) is 11.2. The Bertz CT molecular complexity index is 1390. The van der Waals surface area contributed by atoms with E-state index >= 15 is 0 Å². The van der Waals surface area contributed by atoms with Gasteiger partial charge in [-0.25, -0.2) is 0 Å². The van der Waals surface area contributed by atoms with Crippen LogP contribution in [-0.4, -0.2) is 20.7 Å². The lowest BCUT2D eigenvalue weighted by Crippen LogP contribution is -2.14. The van der Waals surface area contributed by atoms with Crippen molar-refractivity contribution in [2.24, 2.45) is 7.05 Å². The number of carbonyl (C=O) groups is 1. The maximum absolute atomic E-state index is 12.9. The van der Waals surface area contributed by atoms with Gasteiger partial charge in [0.15, 0.2) is 0 Å². The number of nitrogens with one attached hydrogen (secondary N) is 1. The molecule has 1 N–H and O–H groups in total. The maximum atomic E-state index is 12.9. The molecule has 32 heavy (non-hydrogen) atoms. The van der Waals surface area contributed by atoms with Crippen LogP contribution >= 0.6 is 0 Å². The Kier molecular flexibility index (Phi) is 5.41. The van der Waals surface area contributed by atoms with Crippen molar-refractivity contribution < 1.29 is 18.0 Å². The van der Waals surface area contributed by atoms with Crippen molar-refractivity contribution in [3.63, 3.8) is 0 Å². The van der Waals surface area contributed by atoms with E-state index in [-0.39, 0.29) is 5.56 Å². The van der Waals surface area contributed by atoms with Gasteiger partial charge in [0.05, 0.1) is 29.0 Å². The lowest BCUT2D eigenvalue weighted by Gasteiger charge is -2.10. The number of hydrogen-bond acceptors (Lipinski definition) is 3. The minimum Gasteiger partial charge on any atom is -0.322 e. The third-order valence-corrected chi connectivity index (χ3v) is 4.95. The Labute approximate surface area is 181 Å². The molecule has 5 nitrogen and oxygen atoms in total. The van der Waals surface area contributed by atoms with Crippen molar-refractivity contribution in [2.45, 2.75) is 13.1 Å². The Hall–Kier alpha value is -4.12. The molecule has 0 fully saturated rings. The van der Waals surface area contributed by atoms with Crippen molar-refractivity contribution in [1.82, 2.24) is 14.8 Å². The summed E-state index contributed by atoms with van der Waals surface area (Å²) in [6.07, 6.45) is 0.572. The van der Waals surface area contributed by atoms with Crippen LogP contribution in [0, 0.1) is 18.8 Å². The van der Waals surface area contributed by atoms with E-state index in [1.807, 2.05) is 14.0 Å². The number of alkyl halides is 3. The number of hydrogen-bond donors (Lipinski definition) is 1. The number of rotatable bonds is 2. The fourth-order valence-corrected chi connectivity index (χ4v) is 3.17. The molecule has 0 radical (unpaired) electrons. The van der Waals surface area contributed by atoms with Gasteiger partial charge in [0.25, 0.3) is 5.91 Å². The van der Waals surface area contributed by atoms with Gasteiger partial charge >= 0.3 is 6.18 Å². The van der Waals surface area contributed by atoms with Gasteiger partial charge < -0.3 is 5.32 Å². The monoisotopic (exact) mass is 434 g/mol. The molecule has 0 aliphatic carbocycles. The van der Waals surface area contributed by atoms with Crippen LogP contribution in [0.1, 0.15) is 32.6 Å². The van der Waals surface area contributed by atoms with Crippen LogP contribution in [0.4, 0.5) is 18.9 Å². The third kappa shape index (κ3) is 4.32. The zero-order chi connectivity index (χ0) is 22.9. The molecule has 0 spiro atoms. The van der Waals surface area contributed by atoms with Gasteiger partial charge in [-0.2, -0.15) is 18.3 Å². The van der Waals surface area contributed by atoms with Gasteiger partial charge in [0.1, 0.15) is 0 Å². The highest BCUT2D eigenvalue weighted by molar-refractivity contribution is 6.04. The van der Waals surface area contributed by atoms with E-state index in [9.17, 15) is 18.0 Å². The molecule has 0 saturated heterocycles. The molecular formula is C24H17F3N4O. The van der Waals surface area contributed by atoms with Gasteiger partial charge in [-0.3, -0.25) is 14.5 Å². The number of benzene rings is 2. The SMILES string of the molecule is Cc1ccc(NC(=O)c2cccc(C(F)(F)F)c2)cc1C#Cc1cncc2c1cnn2C. The predicted octanol–water partition coefficient (Wildman–Crippen LogP) is 4.95. The van der Waals surface area contributed by atoms with Crippen LogP contribution in [0.25, 0.3) is 10.9 Å². The van der Waals surface area contributed by atoms with Crippen molar-refractivity contribution in [3.05, 3.63) is 88.9 Å². The molecule has 2 aromatic heterocycles. The molecule has 0 saturated carbocycles. The van der Waals surface area contributed by atoms with Crippen molar-refractivity contribution >= 4 is 22.5 Å². The van der Waals surface area contributed by atoms with Gasteiger partial charge in [-0.1, -0.05) is 24.0 Å². The van der Waals surface area contributed by atoms with Gasteiger partial charge in [-0.05, 0) is 42.8 Å². The first-order valence-electron chi connectivity index (χ1n) is 9.59. The summed E-state index contributed by atoms with van der Waals surface area (Å²) in [4.78, 5) is 16.7. The lowest BCUT2D eigenvalue weighted by molar-refractivity contribution is -0.137. The number of anilines is 1. The van der Waals surface area contributed by atoms with Crippen molar-refractivity contribution in [1.29, 1.82) is 0 Å². The van der Waals surface area contributed by atoms with E-state index < -0.39 is 17.6 Å². The highest BCUT2D eigenvalue weighted by Gasteiger charge is 2.30. The topological polar surface area (TPSA) is 59.8 Å². The molecule has 0 atom stereocenters. The predicted molar refractivity (Wildman–Crippen MR) is 115 cm³/mol.